The van der Waals surface area contributed by atoms with Crippen LogP contribution in [0.25, 0.3) is 21.8 Å². The Morgan fingerprint density at radius 1 is 0.571 bits per heavy atom. The largest absolute Gasteiger partial charge is 0.285 e. The second-order valence-corrected chi connectivity index (χ2v) is 11.5. The first-order valence-corrected chi connectivity index (χ1v) is 15.2. The van der Waals surface area contributed by atoms with E-state index in [0.29, 0.717) is 43.6 Å². The molecular weight excluding hydrogens is 575 g/mol. The molecule has 0 aliphatic heterocycles. The molecule has 10 heteroatoms. The SMILES string of the molecule is O=c1c2ccccc2nc(SCc2cccc(F)c2)n1CCn1c(SCc2cccc(F)c2)nc2ccccc2c1=O. The van der Waals surface area contributed by atoms with Gasteiger partial charge in [0.1, 0.15) is 11.6 Å². The lowest BCUT2D eigenvalue weighted by Gasteiger charge is -2.16. The minimum absolute atomic E-state index is 0.162. The number of nitrogens with zero attached hydrogens (tertiary/aromatic N) is 4. The highest BCUT2D eigenvalue weighted by molar-refractivity contribution is 7.98. The van der Waals surface area contributed by atoms with Crippen LogP contribution in [0, 0.1) is 11.6 Å². The molecular formula is C32H24F2N4O2S2. The molecule has 0 unspecified atom stereocenters. The molecule has 4 aromatic carbocycles. The maximum Gasteiger partial charge on any atom is 0.262 e. The topological polar surface area (TPSA) is 69.8 Å². The summed E-state index contributed by atoms with van der Waals surface area (Å²) < 4.78 is 30.7. The van der Waals surface area contributed by atoms with E-state index >= 15 is 0 Å². The third-order valence-corrected chi connectivity index (χ3v) is 8.81. The number of benzene rings is 4. The molecule has 0 atom stereocenters. The normalized spacial score (nSPS) is 11.4. The van der Waals surface area contributed by atoms with Crippen LogP contribution < -0.4 is 11.1 Å². The maximum atomic E-state index is 13.8. The van der Waals surface area contributed by atoms with Gasteiger partial charge in [0.25, 0.3) is 11.1 Å². The van der Waals surface area contributed by atoms with Crippen molar-refractivity contribution in [2.75, 3.05) is 0 Å². The zero-order valence-corrected chi connectivity index (χ0v) is 23.9. The molecule has 0 aliphatic carbocycles. The molecule has 42 heavy (non-hydrogen) atoms. The van der Waals surface area contributed by atoms with Crippen LogP contribution in [0.5, 0.6) is 0 Å². The molecule has 2 heterocycles. The molecule has 210 valence electrons. The van der Waals surface area contributed by atoms with E-state index in [0.717, 1.165) is 11.1 Å². The van der Waals surface area contributed by atoms with Gasteiger partial charge in [-0.1, -0.05) is 72.1 Å². The van der Waals surface area contributed by atoms with E-state index < -0.39 is 0 Å². The van der Waals surface area contributed by atoms with Gasteiger partial charge in [-0.2, -0.15) is 0 Å². The van der Waals surface area contributed by atoms with Crippen molar-refractivity contribution in [3.8, 4) is 0 Å². The van der Waals surface area contributed by atoms with E-state index in [1.54, 1.807) is 57.7 Å². The smallest absolute Gasteiger partial charge is 0.262 e. The quantitative estimate of drug-likeness (QED) is 0.137. The van der Waals surface area contributed by atoms with E-state index in [9.17, 15) is 18.4 Å². The number of fused-ring (bicyclic) bond motifs is 2. The Hall–Kier alpha value is -4.28. The Balaban J connectivity index is 1.36. The van der Waals surface area contributed by atoms with E-state index in [1.165, 1.54) is 47.8 Å². The Morgan fingerprint density at radius 3 is 1.43 bits per heavy atom. The first-order valence-electron chi connectivity index (χ1n) is 13.2. The predicted molar refractivity (Wildman–Crippen MR) is 164 cm³/mol. The molecule has 2 aromatic heterocycles. The lowest BCUT2D eigenvalue weighted by molar-refractivity contribution is 0.486. The van der Waals surface area contributed by atoms with Gasteiger partial charge >= 0.3 is 0 Å². The van der Waals surface area contributed by atoms with Gasteiger partial charge in [-0.15, -0.1) is 0 Å². The Morgan fingerprint density at radius 2 is 1.00 bits per heavy atom. The van der Waals surface area contributed by atoms with Crippen molar-refractivity contribution in [3.63, 3.8) is 0 Å². The number of hydrogen-bond acceptors (Lipinski definition) is 6. The molecule has 0 bridgehead atoms. The van der Waals surface area contributed by atoms with Gasteiger partial charge in [0.05, 0.1) is 21.8 Å². The highest BCUT2D eigenvalue weighted by atomic mass is 32.2. The van der Waals surface area contributed by atoms with Gasteiger partial charge < -0.3 is 0 Å². The Labute approximate surface area is 248 Å². The van der Waals surface area contributed by atoms with Crippen LogP contribution in [0.4, 0.5) is 8.78 Å². The molecule has 0 N–H and O–H groups in total. The predicted octanol–water partition coefficient (Wildman–Crippen LogP) is 6.67. The second-order valence-electron chi connectivity index (χ2n) is 9.57. The number of thioether (sulfide) groups is 2. The monoisotopic (exact) mass is 598 g/mol. The minimum Gasteiger partial charge on any atom is -0.285 e. The average molecular weight is 599 g/mol. The lowest BCUT2D eigenvalue weighted by atomic mass is 10.2. The number of halogens is 2. The highest BCUT2D eigenvalue weighted by Gasteiger charge is 2.16. The molecule has 6 rings (SSSR count). The summed E-state index contributed by atoms with van der Waals surface area (Å²) in [4.78, 5) is 36.8. The van der Waals surface area contributed by atoms with Crippen molar-refractivity contribution < 1.29 is 8.78 Å². The van der Waals surface area contributed by atoms with Gasteiger partial charge in [-0.05, 0) is 59.7 Å². The van der Waals surface area contributed by atoms with Crippen LogP contribution in [0.1, 0.15) is 11.1 Å². The average Bonchev–Trinajstić information content (AvgIpc) is 3.00. The zero-order chi connectivity index (χ0) is 29.1. The van der Waals surface area contributed by atoms with Gasteiger partial charge in [-0.25, -0.2) is 18.7 Å². The summed E-state index contributed by atoms with van der Waals surface area (Å²) in [5.74, 6) is 0.163. The fourth-order valence-electron chi connectivity index (χ4n) is 4.66. The summed E-state index contributed by atoms with van der Waals surface area (Å²) in [6.07, 6.45) is 0. The number of para-hydroxylation sites is 2. The van der Waals surface area contributed by atoms with E-state index in [1.807, 2.05) is 24.3 Å². The van der Waals surface area contributed by atoms with Gasteiger partial charge in [0.2, 0.25) is 0 Å². The van der Waals surface area contributed by atoms with Crippen LogP contribution >= 0.6 is 23.5 Å². The molecule has 6 aromatic rings. The van der Waals surface area contributed by atoms with Crippen LogP contribution in [-0.4, -0.2) is 19.1 Å². The summed E-state index contributed by atoms with van der Waals surface area (Å²) in [5.41, 5.74) is 2.21. The first kappa shape index (κ1) is 27.9. The molecule has 0 aliphatic rings. The first-order chi connectivity index (χ1) is 20.5. The van der Waals surface area contributed by atoms with Crippen molar-refractivity contribution in [3.05, 3.63) is 141 Å². The molecule has 0 saturated carbocycles. The molecule has 6 nitrogen and oxygen atoms in total. The van der Waals surface area contributed by atoms with Crippen LogP contribution in [0.15, 0.2) is 117 Å². The van der Waals surface area contributed by atoms with E-state index in [-0.39, 0.29) is 35.8 Å². The standard InChI is InChI=1S/C32H24F2N4O2S2/c33-23-9-5-7-21(17-23)19-41-31-35-27-13-3-1-11-25(27)29(39)37(31)15-16-38-30(40)26-12-2-4-14-28(26)36-32(38)42-20-22-8-6-10-24(34)18-22/h1-14,17-18H,15-16,19-20H2. The fourth-order valence-corrected chi connectivity index (χ4v) is 6.60. The minimum atomic E-state index is -0.330. The van der Waals surface area contributed by atoms with Crippen LogP contribution in [0.3, 0.4) is 0 Å². The summed E-state index contributed by atoms with van der Waals surface area (Å²) >= 11 is 2.67. The van der Waals surface area contributed by atoms with E-state index in [4.69, 9.17) is 9.97 Å². The van der Waals surface area contributed by atoms with Crippen molar-refractivity contribution in [1.82, 2.24) is 19.1 Å². The van der Waals surface area contributed by atoms with Crippen molar-refractivity contribution in [1.29, 1.82) is 0 Å². The molecule has 0 fully saturated rings. The molecule has 0 radical (unpaired) electrons. The van der Waals surface area contributed by atoms with Gasteiger partial charge in [0.15, 0.2) is 10.3 Å². The zero-order valence-electron chi connectivity index (χ0n) is 22.2. The van der Waals surface area contributed by atoms with Crippen molar-refractivity contribution >= 4 is 45.3 Å². The molecule has 0 saturated heterocycles. The second kappa shape index (κ2) is 12.3. The third kappa shape index (κ3) is 6.00. The summed E-state index contributed by atoms with van der Waals surface area (Å²) in [6.45, 7) is 0.325. The van der Waals surface area contributed by atoms with Gasteiger partial charge in [0, 0.05) is 24.6 Å². The molecule has 0 amide bonds. The number of rotatable bonds is 9. The number of aromatic nitrogens is 4. The summed E-state index contributed by atoms with van der Waals surface area (Å²) in [7, 11) is 0. The fraction of sp³-hybridized carbons (Fsp3) is 0.125. The summed E-state index contributed by atoms with van der Waals surface area (Å²) in [5, 5.41) is 1.88. The van der Waals surface area contributed by atoms with Crippen molar-refractivity contribution in [2.24, 2.45) is 0 Å². The molecule has 0 spiro atoms. The maximum absolute atomic E-state index is 13.8. The van der Waals surface area contributed by atoms with Crippen molar-refractivity contribution in [2.45, 2.75) is 34.9 Å². The third-order valence-electron chi connectivity index (χ3n) is 6.71. The highest BCUT2D eigenvalue weighted by Crippen LogP contribution is 2.25. The number of hydrogen-bond donors (Lipinski definition) is 0. The van der Waals surface area contributed by atoms with E-state index in [2.05, 4.69) is 0 Å². The summed E-state index contributed by atoms with van der Waals surface area (Å²) in [6, 6.07) is 26.9. The van der Waals surface area contributed by atoms with Crippen LogP contribution in [0.2, 0.25) is 0 Å². The van der Waals surface area contributed by atoms with Gasteiger partial charge in [-0.3, -0.25) is 18.7 Å². The van der Waals surface area contributed by atoms with Crippen LogP contribution in [-0.2, 0) is 24.6 Å². The lowest BCUT2D eigenvalue weighted by Crippen LogP contribution is -2.30. The Kier molecular flexibility index (Phi) is 8.16. The Bertz CT molecular complexity index is 1900.